The van der Waals surface area contributed by atoms with E-state index in [-0.39, 0.29) is 6.09 Å². The van der Waals surface area contributed by atoms with Gasteiger partial charge in [0.15, 0.2) is 0 Å². The fraction of sp³-hybridized carbons (Fsp3) is 0.588. The number of hydrogen-bond acceptors (Lipinski definition) is 3. The molecule has 3 unspecified atom stereocenters. The number of carbonyl (C=O) groups excluding carboxylic acids is 1. The fourth-order valence-electron chi connectivity index (χ4n) is 3.76. The number of benzene rings is 1. The molecule has 2 fully saturated rings. The van der Waals surface area contributed by atoms with Crippen molar-refractivity contribution in [2.75, 3.05) is 26.2 Å². The molecule has 21 heavy (non-hydrogen) atoms. The maximum Gasteiger partial charge on any atom is 0.409 e. The zero-order valence-corrected chi connectivity index (χ0v) is 12.9. The molecular weight excluding hydrogens is 264 g/mol. The highest BCUT2D eigenvalue weighted by atomic mass is 16.6. The lowest BCUT2D eigenvalue weighted by Gasteiger charge is -2.30. The van der Waals surface area contributed by atoms with Crippen LogP contribution in [-0.4, -0.2) is 48.2 Å². The van der Waals surface area contributed by atoms with Crippen LogP contribution in [0.2, 0.25) is 0 Å². The minimum atomic E-state index is -0.154. The van der Waals surface area contributed by atoms with Crippen LogP contribution in [0.25, 0.3) is 0 Å². The Morgan fingerprint density at radius 1 is 1.33 bits per heavy atom. The number of carbonyl (C=O) groups is 1. The summed E-state index contributed by atoms with van der Waals surface area (Å²) in [6.07, 6.45) is 1.02. The quantitative estimate of drug-likeness (QED) is 0.857. The van der Waals surface area contributed by atoms with Crippen LogP contribution in [0.1, 0.15) is 31.9 Å². The van der Waals surface area contributed by atoms with Crippen LogP contribution in [0.15, 0.2) is 30.3 Å². The van der Waals surface area contributed by atoms with E-state index in [9.17, 15) is 4.79 Å². The van der Waals surface area contributed by atoms with E-state index in [1.807, 2.05) is 11.8 Å². The maximum absolute atomic E-state index is 11.9. The molecule has 1 amide bonds. The molecule has 0 bridgehead atoms. The summed E-state index contributed by atoms with van der Waals surface area (Å²) in [6, 6.07) is 11.5. The third-order valence-electron chi connectivity index (χ3n) is 4.90. The van der Waals surface area contributed by atoms with E-state index in [1.165, 1.54) is 12.0 Å². The van der Waals surface area contributed by atoms with Gasteiger partial charge in [0.05, 0.1) is 6.61 Å². The van der Waals surface area contributed by atoms with Gasteiger partial charge in [-0.2, -0.15) is 0 Å². The lowest BCUT2D eigenvalue weighted by molar-refractivity contribution is 0.107. The molecule has 0 spiro atoms. The van der Waals surface area contributed by atoms with Gasteiger partial charge in [0.2, 0.25) is 0 Å². The molecule has 2 heterocycles. The average molecular weight is 288 g/mol. The summed E-state index contributed by atoms with van der Waals surface area (Å²) in [5, 5.41) is 0. The first-order chi connectivity index (χ1) is 10.2. The normalized spacial score (nSPS) is 26.7. The molecular formula is C17H24N2O2. The van der Waals surface area contributed by atoms with Crippen molar-refractivity contribution in [2.24, 2.45) is 5.92 Å². The average Bonchev–Trinajstić information content (AvgIpc) is 3.08. The molecule has 0 radical (unpaired) electrons. The number of nitrogens with zero attached hydrogens (tertiary/aromatic N) is 2. The number of rotatable bonds is 3. The monoisotopic (exact) mass is 288 g/mol. The van der Waals surface area contributed by atoms with Crippen molar-refractivity contribution in [3.8, 4) is 0 Å². The van der Waals surface area contributed by atoms with Gasteiger partial charge in [-0.25, -0.2) is 4.79 Å². The van der Waals surface area contributed by atoms with Gasteiger partial charge in [-0.1, -0.05) is 30.3 Å². The van der Waals surface area contributed by atoms with Gasteiger partial charge in [0, 0.05) is 25.2 Å². The maximum atomic E-state index is 11.9. The Labute approximate surface area is 126 Å². The molecule has 0 saturated carbocycles. The van der Waals surface area contributed by atoms with E-state index >= 15 is 0 Å². The van der Waals surface area contributed by atoms with Crippen molar-refractivity contribution in [3.63, 3.8) is 0 Å². The molecule has 1 aromatic carbocycles. The van der Waals surface area contributed by atoms with Crippen LogP contribution < -0.4 is 0 Å². The standard InChI is InChI=1S/C17H24N2O2/c1-3-21-17(20)18-11-15-9-10-19(16(15)12-18)13(2)14-7-5-4-6-8-14/h4-8,13,15-16H,3,9-12H2,1-2H3. The van der Waals surface area contributed by atoms with E-state index in [2.05, 4.69) is 42.2 Å². The van der Waals surface area contributed by atoms with Gasteiger partial charge in [0.1, 0.15) is 0 Å². The first-order valence-electron chi connectivity index (χ1n) is 7.93. The molecule has 4 nitrogen and oxygen atoms in total. The summed E-state index contributed by atoms with van der Waals surface area (Å²) in [4.78, 5) is 16.3. The van der Waals surface area contributed by atoms with Crippen LogP contribution in [0.5, 0.6) is 0 Å². The van der Waals surface area contributed by atoms with E-state index in [4.69, 9.17) is 4.74 Å². The van der Waals surface area contributed by atoms with E-state index in [1.54, 1.807) is 0 Å². The minimum absolute atomic E-state index is 0.154. The molecule has 2 aliphatic rings. The number of amides is 1. The second kappa shape index (κ2) is 6.06. The van der Waals surface area contributed by atoms with Gasteiger partial charge >= 0.3 is 6.09 Å². The van der Waals surface area contributed by atoms with Gasteiger partial charge in [-0.3, -0.25) is 4.90 Å². The molecule has 0 aromatic heterocycles. The summed E-state index contributed by atoms with van der Waals surface area (Å²) in [6.45, 7) is 7.36. The van der Waals surface area contributed by atoms with Crippen molar-refractivity contribution in [3.05, 3.63) is 35.9 Å². The van der Waals surface area contributed by atoms with Crippen molar-refractivity contribution in [1.82, 2.24) is 9.80 Å². The van der Waals surface area contributed by atoms with Gasteiger partial charge in [0.25, 0.3) is 0 Å². The molecule has 0 N–H and O–H groups in total. The fourth-order valence-corrected chi connectivity index (χ4v) is 3.76. The highest BCUT2D eigenvalue weighted by Crippen LogP contribution is 2.37. The van der Waals surface area contributed by atoms with Crippen LogP contribution in [0, 0.1) is 5.92 Å². The molecule has 2 saturated heterocycles. The lowest BCUT2D eigenvalue weighted by Crippen LogP contribution is -2.38. The Bertz CT molecular complexity index is 491. The van der Waals surface area contributed by atoms with Crippen LogP contribution >= 0.6 is 0 Å². The lowest BCUT2D eigenvalue weighted by atomic mass is 10.0. The van der Waals surface area contributed by atoms with Crippen molar-refractivity contribution in [2.45, 2.75) is 32.4 Å². The van der Waals surface area contributed by atoms with E-state index < -0.39 is 0 Å². The summed E-state index contributed by atoms with van der Waals surface area (Å²) in [7, 11) is 0. The third-order valence-corrected chi connectivity index (χ3v) is 4.90. The van der Waals surface area contributed by atoms with E-state index in [0.717, 1.165) is 19.6 Å². The zero-order valence-electron chi connectivity index (χ0n) is 12.9. The minimum Gasteiger partial charge on any atom is -0.450 e. The molecule has 3 atom stereocenters. The highest BCUT2D eigenvalue weighted by molar-refractivity contribution is 5.68. The topological polar surface area (TPSA) is 32.8 Å². The second-order valence-electron chi connectivity index (χ2n) is 6.04. The molecule has 0 aliphatic carbocycles. The Hall–Kier alpha value is -1.55. The smallest absolute Gasteiger partial charge is 0.409 e. The largest absolute Gasteiger partial charge is 0.450 e. The molecule has 4 heteroatoms. The zero-order chi connectivity index (χ0) is 14.8. The van der Waals surface area contributed by atoms with Crippen LogP contribution in [-0.2, 0) is 4.74 Å². The predicted octanol–water partition coefficient (Wildman–Crippen LogP) is 2.91. The summed E-state index contributed by atoms with van der Waals surface area (Å²) < 4.78 is 5.14. The van der Waals surface area contributed by atoms with E-state index in [0.29, 0.717) is 24.6 Å². The molecule has 1 aromatic rings. The summed E-state index contributed by atoms with van der Waals surface area (Å²) in [5.74, 6) is 0.598. The number of likely N-dealkylation sites (tertiary alicyclic amines) is 2. The first-order valence-corrected chi connectivity index (χ1v) is 7.93. The summed E-state index contributed by atoms with van der Waals surface area (Å²) >= 11 is 0. The Morgan fingerprint density at radius 2 is 2.10 bits per heavy atom. The predicted molar refractivity (Wildman–Crippen MR) is 82.1 cm³/mol. The Balaban J connectivity index is 1.68. The highest BCUT2D eigenvalue weighted by Gasteiger charge is 2.44. The Morgan fingerprint density at radius 3 is 2.81 bits per heavy atom. The van der Waals surface area contributed by atoms with Gasteiger partial charge in [-0.15, -0.1) is 0 Å². The second-order valence-corrected chi connectivity index (χ2v) is 6.04. The molecule has 114 valence electrons. The number of ether oxygens (including phenoxy) is 1. The third kappa shape index (κ3) is 2.77. The molecule has 2 aliphatic heterocycles. The summed E-state index contributed by atoms with van der Waals surface area (Å²) in [5.41, 5.74) is 1.35. The number of hydrogen-bond donors (Lipinski definition) is 0. The first kappa shape index (κ1) is 14.4. The number of fused-ring (bicyclic) bond motifs is 1. The van der Waals surface area contributed by atoms with Crippen LogP contribution in [0.3, 0.4) is 0 Å². The van der Waals surface area contributed by atoms with Crippen LogP contribution in [0.4, 0.5) is 4.79 Å². The molecule has 3 rings (SSSR count). The van der Waals surface area contributed by atoms with Crippen molar-refractivity contribution < 1.29 is 9.53 Å². The Kier molecular flexibility index (Phi) is 4.15. The van der Waals surface area contributed by atoms with Gasteiger partial charge < -0.3 is 9.64 Å². The van der Waals surface area contributed by atoms with Crippen molar-refractivity contribution >= 4 is 6.09 Å². The van der Waals surface area contributed by atoms with Gasteiger partial charge in [-0.05, 0) is 38.3 Å². The van der Waals surface area contributed by atoms with Crippen molar-refractivity contribution in [1.29, 1.82) is 0 Å². The SMILES string of the molecule is CCOC(=O)N1CC2CCN(C(C)c3ccccc3)C2C1.